The van der Waals surface area contributed by atoms with Crippen molar-refractivity contribution in [3.05, 3.63) is 11.6 Å². The lowest BCUT2D eigenvalue weighted by Crippen LogP contribution is -2.38. The maximum atomic E-state index is 11.5. The average Bonchev–Trinajstić information content (AvgIpc) is 2.70. The van der Waals surface area contributed by atoms with Crippen LogP contribution in [-0.4, -0.2) is 36.0 Å². The van der Waals surface area contributed by atoms with Crippen LogP contribution in [0.1, 0.15) is 6.42 Å². The molecule has 1 atom stereocenters. The summed E-state index contributed by atoms with van der Waals surface area (Å²) in [7, 11) is 0. The van der Waals surface area contributed by atoms with Crippen molar-refractivity contribution in [1.82, 2.24) is 4.90 Å². The fourth-order valence-corrected chi connectivity index (χ4v) is 1.60. The SMILES string of the molecule is C#C[C@@H]1COC(=O)N1C1=NCCC(C#N)=C1. The molecule has 0 radical (unpaired) electrons. The van der Waals surface area contributed by atoms with Gasteiger partial charge in [-0.2, -0.15) is 5.26 Å². The third kappa shape index (κ3) is 1.64. The van der Waals surface area contributed by atoms with Crippen LogP contribution in [0.4, 0.5) is 4.79 Å². The van der Waals surface area contributed by atoms with E-state index >= 15 is 0 Å². The monoisotopic (exact) mass is 215 g/mol. The van der Waals surface area contributed by atoms with Gasteiger partial charge in [0.1, 0.15) is 18.5 Å². The van der Waals surface area contributed by atoms with Crippen molar-refractivity contribution in [3.63, 3.8) is 0 Å². The van der Waals surface area contributed by atoms with E-state index in [-0.39, 0.29) is 6.61 Å². The lowest BCUT2D eigenvalue weighted by molar-refractivity contribution is 0.168. The van der Waals surface area contributed by atoms with Crippen LogP contribution in [0.25, 0.3) is 0 Å². The molecule has 0 aliphatic carbocycles. The topological polar surface area (TPSA) is 65.7 Å². The summed E-state index contributed by atoms with van der Waals surface area (Å²) in [5, 5.41) is 8.79. The number of carbonyl (C=O) groups is 1. The van der Waals surface area contributed by atoms with E-state index in [0.717, 1.165) is 0 Å². The smallest absolute Gasteiger partial charge is 0.416 e. The summed E-state index contributed by atoms with van der Waals surface area (Å²) in [6, 6.07) is 1.62. The minimum absolute atomic E-state index is 0.171. The first-order chi connectivity index (χ1) is 7.76. The third-order valence-corrected chi connectivity index (χ3v) is 2.41. The molecule has 1 saturated heterocycles. The van der Waals surface area contributed by atoms with Crippen LogP contribution in [0.5, 0.6) is 0 Å². The van der Waals surface area contributed by atoms with Crippen LogP contribution in [0.3, 0.4) is 0 Å². The molecule has 2 aliphatic heterocycles. The molecule has 0 bridgehead atoms. The Morgan fingerprint density at radius 2 is 2.50 bits per heavy atom. The van der Waals surface area contributed by atoms with E-state index in [9.17, 15) is 4.79 Å². The summed E-state index contributed by atoms with van der Waals surface area (Å²) in [5.41, 5.74) is 0.598. The number of carbonyl (C=O) groups excluding carboxylic acids is 1. The molecule has 0 N–H and O–H groups in total. The van der Waals surface area contributed by atoms with E-state index in [1.807, 2.05) is 0 Å². The zero-order chi connectivity index (χ0) is 11.5. The third-order valence-electron chi connectivity index (χ3n) is 2.41. The molecular weight excluding hydrogens is 206 g/mol. The number of terminal acetylenes is 1. The second-order valence-corrected chi connectivity index (χ2v) is 3.40. The van der Waals surface area contributed by atoms with Crippen LogP contribution in [-0.2, 0) is 4.74 Å². The molecule has 5 heteroatoms. The molecule has 80 valence electrons. The number of nitriles is 1. The van der Waals surface area contributed by atoms with E-state index < -0.39 is 12.1 Å². The highest BCUT2D eigenvalue weighted by Crippen LogP contribution is 2.17. The summed E-state index contributed by atoms with van der Waals surface area (Å²) in [6.07, 6.45) is 6.98. The van der Waals surface area contributed by atoms with Crippen LogP contribution >= 0.6 is 0 Å². The maximum Gasteiger partial charge on any atom is 0.416 e. The van der Waals surface area contributed by atoms with Gasteiger partial charge in [-0.15, -0.1) is 6.42 Å². The first-order valence-electron chi connectivity index (χ1n) is 4.83. The number of amides is 1. The number of hydrogen-bond acceptors (Lipinski definition) is 4. The van der Waals surface area contributed by atoms with Crippen molar-refractivity contribution < 1.29 is 9.53 Å². The Morgan fingerprint density at radius 1 is 1.69 bits per heavy atom. The molecule has 0 aromatic rings. The van der Waals surface area contributed by atoms with E-state index in [1.54, 1.807) is 6.08 Å². The highest BCUT2D eigenvalue weighted by atomic mass is 16.6. The zero-order valence-electron chi connectivity index (χ0n) is 8.51. The molecular formula is C11H9N3O2. The van der Waals surface area contributed by atoms with Crippen molar-refractivity contribution in [2.45, 2.75) is 12.5 Å². The first kappa shape index (κ1) is 10.3. The van der Waals surface area contributed by atoms with Gasteiger partial charge in [0.2, 0.25) is 0 Å². The minimum atomic E-state index is -0.503. The van der Waals surface area contributed by atoms with Gasteiger partial charge in [0.05, 0.1) is 6.07 Å². The van der Waals surface area contributed by atoms with Gasteiger partial charge in [0.25, 0.3) is 0 Å². The Bertz CT molecular complexity index is 465. The van der Waals surface area contributed by atoms with Gasteiger partial charge >= 0.3 is 6.09 Å². The van der Waals surface area contributed by atoms with Crippen LogP contribution in [0.15, 0.2) is 16.6 Å². The summed E-state index contributed by atoms with van der Waals surface area (Å²) in [6.45, 7) is 0.667. The van der Waals surface area contributed by atoms with E-state index in [0.29, 0.717) is 24.4 Å². The molecule has 2 aliphatic rings. The predicted octanol–water partition coefficient (Wildman–Crippen LogP) is 0.693. The lowest BCUT2D eigenvalue weighted by Gasteiger charge is -2.19. The molecule has 16 heavy (non-hydrogen) atoms. The molecule has 5 nitrogen and oxygen atoms in total. The quantitative estimate of drug-likeness (QED) is 0.558. The molecule has 0 aromatic carbocycles. The van der Waals surface area contributed by atoms with Gasteiger partial charge in [0.15, 0.2) is 0 Å². The Labute approximate surface area is 93.0 Å². The van der Waals surface area contributed by atoms with Crippen molar-refractivity contribution in [2.24, 2.45) is 4.99 Å². The van der Waals surface area contributed by atoms with Crippen molar-refractivity contribution in [1.29, 1.82) is 5.26 Å². The number of dihydropyridines is 1. The van der Waals surface area contributed by atoms with Gasteiger partial charge in [-0.05, 0) is 6.08 Å². The first-order valence-corrected chi connectivity index (χ1v) is 4.83. The molecule has 2 heterocycles. The van der Waals surface area contributed by atoms with Gasteiger partial charge in [-0.3, -0.25) is 4.99 Å². The normalized spacial score (nSPS) is 24.0. The number of hydrogen-bond donors (Lipinski definition) is 0. The fourth-order valence-electron chi connectivity index (χ4n) is 1.60. The molecule has 0 aromatic heterocycles. The summed E-state index contributed by atoms with van der Waals surface area (Å²) in [5.74, 6) is 2.89. The van der Waals surface area contributed by atoms with Crippen molar-refractivity contribution >= 4 is 11.9 Å². The molecule has 0 saturated carbocycles. The summed E-state index contributed by atoms with van der Waals surface area (Å²) >= 11 is 0. The largest absolute Gasteiger partial charge is 0.446 e. The van der Waals surface area contributed by atoms with E-state index in [4.69, 9.17) is 16.4 Å². The van der Waals surface area contributed by atoms with Gasteiger partial charge in [-0.25, -0.2) is 9.69 Å². The highest BCUT2D eigenvalue weighted by molar-refractivity contribution is 6.04. The van der Waals surface area contributed by atoms with E-state index in [2.05, 4.69) is 17.0 Å². The van der Waals surface area contributed by atoms with Crippen LogP contribution in [0, 0.1) is 23.7 Å². The number of ether oxygens (including phenoxy) is 1. The Balaban J connectivity index is 2.29. The molecule has 1 amide bonds. The average molecular weight is 215 g/mol. The van der Waals surface area contributed by atoms with Crippen LogP contribution < -0.4 is 0 Å². The molecule has 1 fully saturated rings. The highest BCUT2D eigenvalue weighted by Gasteiger charge is 2.35. The number of amidine groups is 1. The molecule has 0 unspecified atom stereocenters. The molecule has 2 rings (SSSR count). The number of rotatable bonds is 0. The van der Waals surface area contributed by atoms with Gasteiger partial charge in [-0.1, -0.05) is 5.92 Å². The summed E-state index contributed by atoms with van der Waals surface area (Å²) < 4.78 is 4.84. The van der Waals surface area contributed by atoms with Gasteiger partial charge < -0.3 is 4.74 Å². The minimum Gasteiger partial charge on any atom is -0.446 e. The number of cyclic esters (lactones) is 1. The fraction of sp³-hybridized carbons (Fsp3) is 0.364. The Hall–Kier alpha value is -2.27. The lowest BCUT2D eigenvalue weighted by atomic mass is 10.1. The van der Waals surface area contributed by atoms with Crippen molar-refractivity contribution in [2.75, 3.05) is 13.2 Å². The summed E-state index contributed by atoms with van der Waals surface area (Å²) in [4.78, 5) is 16.9. The number of aliphatic imine (C=N–C) groups is 1. The van der Waals surface area contributed by atoms with Gasteiger partial charge in [0, 0.05) is 18.5 Å². The standard InChI is InChI=1S/C11H9N3O2/c1-2-9-7-16-11(15)14(9)10-5-8(6-12)3-4-13-10/h1,5,9H,3-4,7H2/t9-/m1/s1. The second-order valence-electron chi connectivity index (χ2n) is 3.40. The maximum absolute atomic E-state index is 11.5. The zero-order valence-corrected chi connectivity index (χ0v) is 8.51. The van der Waals surface area contributed by atoms with Crippen LogP contribution in [0.2, 0.25) is 0 Å². The predicted molar refractivity (Wildman–Crippen MR) is 56.4 cm³/mol. The Kier molecular flexibility index (Phi) is 2.61. The van der Waals surface area contributed by atoms with Crippen molar-refractivity contribution in [3.8, 4) is 18.4 Å². The molecule has 0 spiro atoms. The Morgan fingerprint density at radius 3 is 3.19 bits per heavy atom. The van der Waals surface area contributed by atoms with E-state index in [1.165, 1.54) is 4.90 Å². The number of nitrogens with zero attached hydrogens (tertiary/aromatic N) is 3. The second kappa shape index (κ2) is 4.08.